The molecule has 0 fully saturated rings. The van der Waals surface area contributed by atoms with Crippen molar-refractivity contribution in [3.05, 3.63) is 35.4 Å². The number of hydrogen-bond donors (Lipinski definition) is 2. The zero-order valence-corrected chi connectivity index (χ0v) is 11.0. The summed E-state index contributed by atoms with van der Waals surface area (Å²) in [4.78, 5) is 22.6. The number of carboxylic acids is 1. The van der Waals surface area contributed by atoms with Gasteiger partial charge in [-0.2, -0.15) is 0 Å². The number of hydrogen-bond acceptors (Lipinski definition) is 2. The quantitative estimate of drug-likeness (QED) is 0.835. The molecule has 0 spiro atoms. The number of benzene rings is 1. The first-order valence-electron chi connectivity index (χ1n) is 5.87. The number of amides is 1. The van der Waals surface area contributed by atoms with E-state index < -0.39 is 11.4 Å². The first-order chi connectivity index (χ1) is 8.33. The number of nitrogens with one attached hydrogen (secondary N) is 1. The topological polar surface area (TPSA) is 66.4 Å². The molecule has 0 saturated carbocycles. The summed E-state index contributed by atoms with van der Waals surface area (Å²) in [6.45, 7) is 5.25. The van der Waals surface area contributed by atoms with E-state index in [2.05, 4.69) is 5.32 Å². The Bertz CT molecular complexity index is 452. The minimum absolute atomic E-state index is 0.132. The predicted molar refractivity (Wildman–Crippen MR) is 69.3 cm³/mol. The van der Waals surface area contributed by atoms with Crippen LogP contribution in [0.15, 0.2) is 24.3 Å². The third kappa shape index (κ3) is 3.87. The normalized spacial score (nSPS) is 11.1. The van der Waals surface area contributed by atoms with Crippen molar-refractivity contribution in [2.75, 3.05) is 6.54 Å². The molecule has 1 rings (SSSR count). The SMILES string of the molecule is Cc1ccccc1CC(=O)NCC(C)(C)C(=O)O. The molecule has 0 aliphatic rings. The van der Waals surface area contributed by atoms with Crippen LogP contribution in [0.2, 0.25) is 0 Å². The molecule has 0 atom stereocenters. The van der Waals surface area contributed by atoms with Crippen molar-refractivity contribution < 1.29 is 14.7 Å². The summed E-state index contributed by atoms with van der Waals surface area (Å²) in [6, 6.07) is 7.65. The molecule has 0 saturated heterocycles. The van der Waals surface area contributed by atoms with Crippen molar-refractivity contribution in [1.82, 2.24) is 5.32 Å². The summed E-state index contributed by atoms with van der Waals surface area (Å²) in [5, 5.41) is 11.6. The highest BCUT2D eigenvalue weighted by atomic mass is 16.4. The lowest BCUT2D eigenvalue weighted by Crippen LogP contribution is -2.39. The molecule has 4 nitrogen and oxygen atoms in total. The molecule has 18 heavy (non-hydrogen) atoms. The minimum atomic E-state index is -0.943. The number of carbonyl (C=O) groups is 2. The van der Waals surface area contributed by atoms with Crippen LogP contribution in [0.5, 0.6) is 0 Å². The van der Waals surface area contributed by atoms with E-state index in [-0.39, 0.29) is 18.9 Å². The number of carboxylic acid groups (broad SMARTS) is 1. The van der Waals surface area contributed by atoms with Gasteiger partial charge in [0.1, 0.15) is 0 Å². The maximum absolute atomic E-state index is 11.7. The third-order valence-corrected chi connectivity index (χ3v) is 2.92. The van der Waals surface area contributed by atoms with Gasteiger partial charge in [-0.25, -0.2) is 0 Å². The highest BCUT2D eigenvalue weighted by Gasteiger charge is 2.27. The molecule has 2 N–H and O–H groups in total. The summed E-state index contributed by atoms with van der Waals surface area (Å²) in [5.74, 6) is -1.07. The molecule has 0 aromatic heterocycles. The molecule has 4 heteroatoms. The van der Waals surface area contributed by atoms with Gasteiger partial charge in [0.15, 0.2) is 0 Å². The van der Waals surface area contributed by atoms with Crippen LogP contribution in [0.4, 0.5) is 0 Å². The van der Waals surface area contributed by atoms with Crippen LogP contribution in [0.3, 0.4) is 0 Å². The van der Waals surface area contributed by atoms with Crippen LogP contribution in [0.1, 0.15) is 25.0 Å². The van der Waals surface area contributed by atoms with E-state index in [1.807, 2.05) is 31.2 Å². The van der Waals surface area contributed by atoms with Gasteiger partial charge in [0.25, 0.3) is 0 Å². The Hall–Kier alpha value is -1.84. The highest BCUT2D eigenvalue weighted by Crippen LogP contribution is 2.13. The van der Waals surface area contributed by atoms with Crippen LogP contribution in [-0.4, -0.2) is 23.5 Å². The Labute approximate surface area is 107 Å². The van der Waals surface area contributed by atoms with Crippen molar-refractivity contribution in [3.8, 4) is 0 Å². The van der Waals surface area contributed by atoms with Gasteiger partial charge in [0.05, 0.1) is 11.8 Å². The smallest absolute Gasteiger partial charge is 0.310 e. The fraction of sp³-hybridized carbons (Fsp3) is 0.429. The second kappa shape index (κ2) is 5.67. The largest absolute Gasteiger partial charge is 0.481 e. The first-order valence-corrected chi connectivity index (χ1v) is 5.87. The number of carbonyl (C=O) groups excluding carboxylic acids is 1. The molecule has 1 amide bonds. The van der Waals surface area contributed by atoms with Crippen molar-refractivity contribution in [3.63, 3.8) is 0 Å². The van der Waals surface area contributed by atoms with E-state index in [0.717, 1.165) is 11.1 Å². The second-order valence-corrected chi connectivity index (χ2v) is 5.07. The summed E-state index contributed by atoms with van der Waals surface area (Å²) >= 11 is 0. The molecule has 0 aliphatic heterocycles. The summed E-state index contributed by atoms with van der Waals surface area (Å²) in [6.07, 6.45) is 0.280. The zero-order chi connectivity index (χ0) is 13.8. The number of aliphatic carboxylic acids is 1. The van der Waals surface area contributed by atoms with Gasteiger partial charge in [-0.1, -0.05) is 24.3 Å². The van der Waals surface area contributed by atoms with Gasteiger partial charge >= 0.3 is 5.97 Å². The molecule has 0 radical (unpaired) electrons. The van der Waals surface area contributed by atoms with Crippen molar-refractivity contribution >= 4 is 11.9 Å². The van der Waals surface area contributed by atoms with Gasteiger partial charge in [0.2, 0.25) is 5.91 Å². The van der Waals surface area contributed by atoms with Crippen molar-refractivity contribution in [2.45, 2.75) is 27.2 Å². The Balaban J connectivity index is 2.54. The average molecular weight is 249 g/mol. The molecule has 1 aromatic carbocycles. The van der Waals surface area contributed by atoms with E-state index in [4.69, 9.17) is 5.11 Å². The average Bonchev–Trinajstić information content (AvgIpc) is 2.29. The number of rotatable bonds is 5. The lowest BCUT2D eigenvalue weighted by molar-refractivity contribution is -0.146. The van der Waals surface area contributed by atoms with E-state index >= 15 is 0 Å². The standard InChI is InChI=1S/C14H19NO3/c1-10-6-4-5-7-11(10)8-12(16)15-9-14(2,3)13(17)18/h4-7H,8-9H2,1-3H3,(H,15,16)(H,17,18). The fourth-order valence-corrected chi connectivity index (χ4v) is 1.44. The Morgan fingerprint density at radius 2 is 1.89 bits per heavy atom. The molecule has 1 aromatic rings. The molecule has 0 heterocycles. The Morgan fingerprint density at radius 3 is 2.44 bits per heavy atom. The lowest BCUT2D eigenvalue weighted by atomic mass is 9.94. The maximum atomic E-state index is 11.7. The van der Waals surface area contributed by atoms with Crippen LogP contribution < -0.4 is 5.32 Å². The highest BCUT2D eigenvalue weighted by molar-refractivity contribution is 5.80. The molecule has 0 aliphatic carbocycles. The first kappa shape index (κ1) is 14.2. The van der Waals surface area contributed by atoms with Crippen LogP contribution in [-0.2, 0) is 16.0 Å². The third-order valence-electron chi connectivity index (χ3n) is 2.92. The van der Waals surface area contributed by atoms with Gasteiger partial charge in [-0.15, -0.1) is 0 Å². The van der Waals surface area contributed by atoms with E-state index in [1.165, 1.54) is 0 Å². The minimum Gasteiger partial charge on any atom is -0.481 e. The summed E-state index contributed by atoms with van der Waals surface area (Å²) in [7, 11) is 0. The van der Waals surface area contributed by atoms with Crippen molar-refractivity contribution in [2.24, 2.45) is 5.41 Å². The van der Waals surface area contributed by atoms with Crippen LogP contribution in [0.25, 0.3) is 0 Å². The van der Waals surface area contributed by atoms with E-state index in [0.29, 0.717) is 0 Å². The molecule has 98 valence electrons. The van der Waals surface area contributed by atoms with Crippen molar-refractivity contribution in [1.29, 1.82) is 0 Å². The lowest BCUT2D eigenvalue weighted by Gasteiger charge is -2.19. The van der Waals surface area contributed by atoms with Gasteiger partial charge < -0.3 is 10.4 Å². The van der Waals surface area contributed by atoms with Gasteiger partial charge in [-0.3, -0.25) is 9.59 Å². The molecule has 0 bridgehead atoms. The monoisotopic (exact) mass is 249 g/mol. The van der Waals surface area contributed by atoms with Gasteiger partial charge in [0, 0.05) is 6.54 Å². The Morgan fingerprint density at radius 1 is 1.28 bits per heavy atom. The van der Waals surface area contributed by atoms with Gasteiger partial charge in [-0.05, 0) is 31.9 Å². The maximum Gasteiger partial charge on any atom is 0.310 e. The van der Waals surface area contributed by atoms with Crippen LogP contribution in [0, 0.1) is 12.3 Å². The molecular weight excluding hydrogens is 230 g/mol. The van der Waals surface area contributed by atoms with E-state index in [1.54, 1.807) is 13.8 Å². The van der Waals surface area contributed by atoms with Crippen LogP contribution >= 0.6 is 0 Å². The Kier molecular flexibility index (Phi) is 4.48. The molecule has 0 unspecified atom stereocenters. The number of aryl methyl sites for hydroxylation is 1. The summed E-state index contributed by atoms with van der Waals surface area (Å²) < 4.78 is 0. The zero-order valence-electron chi connectivity index (χ0n) is 11.0. The summed E-state index contributed by atoms with van der Waals surface area (Å²) in [5.41, 5.74) is 1.08. The fourth-order valence-electron chi connectivity index (χ4n) is 1.44. The molecular formula is C14H19NO3. The van der Waals surface area contributed by atoms with E-state index in [9.17, 15) is 9.59 Å². The predicted octanol–water partition coefficient (Wildman–Crippen LogP) is 1.76. The second-order valence-electron chi connectivity index (χ2n) is 5.07.